The fourth-order valence-corrected chi connectivity index (χ4v) is 2.92. The van der Waals surface area contributed by atoms with Crippen molar-refractivity contribution in [3.05, 3.63) is 53.6 Å². The number of aryl methyl sites for hydroxylation is 1. The Labute approximate surface area is 163 Å². The van der Waals surface area contributed by atoms with Gasteiger partial charge in [0.15, 0.2) is 6.04 Å². The molecule has 2 aromatic rings. The number of benzene rings is 2. The van der Waals surface area contributed by atoms with Gasteiger partial charge in [0.2, 0.25) is 0 Å². The van der Waals surface area contributed by atoms with Gasteiger partial charge in [0.1, 0.15) is 0 Å². The molecule has 2 aromatic carbocycles. The maximum atomic E-state index is 12.7. The summed E-state index contributed by atoms with van der Waals surface area (Å²) in [5.41, 5.74) is 5.81. The van der Waals surface area contributed by atoms with Gasteiger partial charge in [0, 0.05) is 32.4 Å². The van der Waals surface area contributed by atoms with Crippen molar-refractivity contribution >= 4 is 23.4 Å². The van der Waals surface area contributed by atoms with Crippen LogP contribution in [0.1, 0.15) is 15.9 Å². The molecule has 0 aliphatic heterocycles. The van der Waals surface area contributed by atoms with Crippen LogP contribution in [0, 0.1) is 6.92 Å². The Morgan fingerprint density at radius 3 is 2.07 bits per heavy atom. The number of hydroxylamine groups is 1. The van der Waals surface area contributed by atoms with Crippen molar-refractivity contribution in [2.45, 2.75) is 13.0 Å². The first kappa shape index (κ1) is 20.9. The summed E-state index contributed by atoms with van der Waals surface area (Å²) in [5, 5.41) is 14.3. The van der Waals surface area contributed by atoms with E-state index in [-0.39, 0.29) is 0 Å². The first-order valence-corrected chi connectivity index (χ1v) is 8.65. The van der Waals surface area contributed by atoms with Gasteiger partial charge in [-0.3, -0.25) is 19.6 Å². The van der Waals surface area contributed by atoms with Crippen LogP contribution in [0.5, 0.6) is 0 Å². The second-order valence-corrected chi connectivity index (χ2v) is 6.27. The first-order chi connectivity index (χ1) is 13.3. The number of hydrogen-bond acceptors (Lipinski definition) is 5. The quantitative estimate of drug-likeness (QED) is 0.342. The molecule has 3 amide bonds. The highest BCUT2D eigenvalue weighted by atomic mass is 16.5. The zero-order valence-corrected chi connectivity index (χ0v) is 16.2. The van der Waals surface area contributed by atoms with Gasteiger partial charge >= 0.3 is 0 Å². The lowest BCUT2D eigenvalue weighted by Crippen LogP contribution is -2.54. The molecule has 1 unspecified atom stereocenters. The molecule has 0 aliphatic carbocycles. The molecular formula is C20H24N4O4. The summed E-state index contributed by atoms with van der Waals surface area (Å²) >= 11 is 0. The predicted molar refractivity (Wildman–Crippen MR) is 106 cm³/mol. The summed E-state index contributed by atoms with van der Waals surface area (Å²) in [6.45, 7) is 2.01. The van der Waals surface area contributed by atoms with Crippen LogP contribution in [0.3, 0.4) is 0 Å². The summed E-state index contributed by atoms with van der Waals surface area (Å²) in [5.74, 6) is -2.23. The maximum absolute atomic E-state index is 12.7. The molecule has 0 fully saturated rings. The first-order valence-electron chi connectivity index (χ1n) is 8.65. The van der Waals surface area contributed by atoms with Gasteiger partial charge < -0.3 is 15.5 Å². The average Bonchev–Trinajstić information content (AvgIpc) is 2.72. The molecule has 2 rings (SSSR count). The molecule has 0 radical (unpaired) electrons. The van der Waals surface area contributed by atoms with E-state index in [1.165, 1.54) is 19.6 Å². The summed E-state index contributed by atoms with van der Waals surface area (Å²) in [4.78, 5) is 37.4. The lowest BCUT2D eigenvalue weighted by molar-refractivity contribution is -0.140. The molecule has 148 valence electrons. The molecule has 0 saturated heterocycles. The van der Waals surface area contributed by atoms with Gasteiger partial charge in [-0.1, -0.05) is 18.2 Å². The Hall–Kier alpha value is -3.39. The monoisotopic (exact) mass is 384 g/mol. The number of rotatable bonds is 6. The number of nitrogens with one attached hydrogen (secondary N) is 3. The highest BCUT2D eigenvalue weighted by molar-refractivity contribution is 6.08. The maximum Gasteiger partial charge on any atom is 0.275 e. The van der Waals surface area contributed by atoms with Crippen LogP contribution in [-0.4, -0.2) is 55.0 Å². The number of carbonyl (C=O) groups excluding carboxylic acids is 3. The number of hydrogen-bond donors (Lipinski definition) is 4. The fourth-order valence-electron chi connectivity index (χ4n) is 2.92. The van der Waals surface area contributed by atoms with Crippen LogP contribution in [0.4, 0.5) is 5.69 Å². The lowest BCUT2D eigenvalue weighted by atomic mass is 10.0. The van der Waals surface area contributed by atoms with Crippen LogP contribution >= 0.6 is 0 Å². The van der Waals surface area contributed by atoms with Gasteiger partial charge in [0.25, 0.3) is 17.7 Å². The fraction of sp³-hybridized carbons (Fsp3) is 0.250. The van der Waals surface area contributed by atoms with E-state index in [0.29, 0.717) is 5.56 Å². The van der Waals surface area contributed by atoms with E-state index in [1.54, 1.807) is 24.3 Å². The van der Waals surface area contributed by atoms with E-state index in [0.717, 1.165) is 27.3 Å². The Morgan fingerprint density at radius 2 is 1.57 bits per heavy atom. The zero-order chi connectivity index (χ0) is 20.8. The van der Waals surface area contributed by atoms with Crippen molar-refractivity contribution in [2.75, 3.05) is 26.5 Å². The SMILES string of the molecule is CNC(=O)C(C(=O)NO)N(C)C(=O)c1ccc(-c2ccc(NC)c(C)c2)cc1. The van der Waals surface area contributed by atoms with Crippen LogP contribution < -0.4 is 16.1 Å². The van der Waals surface area contributed by atoms with Crippen LogP contribution in [-0.2, 0) is 9.59 Å². The smallest absolute Gasteiger partial charge is 0.275 e. The molecule has 1 atom stereocenters. The van der Waals surface area contributed by atoms with Gasteiger partial charge in [-0.2, -0.15) is 0 Å². The van der Waals surface area contributed by atoms with Gasteiger partial charge in [-0.05, 0) is 47.9 Å². The number of likely N-dealkylation sites (N-methyl/N-ethyl adjacent to an activating group) is 2. The second kappa shape index (κ2) is 9.01. The highest BCUT2D eigenvalue weighted by Gasteiger charge is 2.33. The van der Waals surface area contributed by atoms with Crippen molar-refractivity contribution in [3.63, 3.8) is 0 Å². The Bertz CT molecular complexity index is 864. The van der Waals surface area contributed by atoms with E-state index in [4.69, 9.17) is 5.21 Å². The Kier molecular flexibility index (Phi) is 6.73. The van der Waals surface area contributed by atoms with E-state index >= 15 is 0 Å². The third kappa shape index (κ3) is 4.29. The number of amides is 3. The minimum Gasteiger partial charge on any atom is -0.388 e. The molecule has 0 aliphatic rings. The summed E-state index contributed by atoms with van der Waals surface area (Å²) in [6, 6.07) is 11.4. The highest BCUT2D eigenvalue weighted by Crippen LogP contribution is 2.25. The molecule has 0 saturated carbocycles. The van der Waals surface area contributed by atoms with E-state index in [2.05, 4.69) is 10.6 Å². The van der Waals surface area contributed by atoms with E-state index in [1.807, 2.05) is 32.2 Å². The standard InChI is InChI=1S/C20H24N4O4/c1-12-11-15(9-10-16(12)21-2)13-5-7-14(8-6-13)20(27)24(4)17(18(25)22-3)19(26)23-28/h5-11,17,21,28H,1-4H3,(H,22,25)(H,23,26). The van der Waals surface area contributed by atoms with E-state index in [9.17, 15) is 14.4 Å². The molecule has 0 heterocycles. The van der Waals surface area contributed by atoms with Crippen molar-refractivity contribution in [1.82, 2.24) is 15.7 Å². The summed E-state index contributed by atoms with van der Waals surface area (Å²) < 4.78 is 0. The second-order valence-electron chi connectivity index (χ2n) is 6.27. The number of nitrogens with zero attached hydrogens (tertiary/aromatic N) is 1. The lowest BCUT2D eigenvalue weighted by Gasteiger charge is -2.25. The number of anilines is 1. The molecule has 8 heteroatoms. The molecule has 28 heavy (non-hydrogen) atoms. The third-order valence-corrected chi connectivity index (χ3v) is 4.52. The van der Waals surface area contributed by atoms with Crippen LogP contribution in [0.2, 0.25) is 0 Å². The average molecular weight is 384 g/mol. The molecule has 0 spiro atoms. The molecule has 0 bridgehead atoms. The van der Waals surface area contributed by atoms with Crippen molar-refractivity contribution in [1.29, 1.82) is 0 Å². The Morgan fingerprint density at radius 1 is 0.964 bits per heavy atom. The van der Waals surface area contributed by atoms with Gasteiger partial charge in [0.05, 0.1) is 0 Å². The molecule has 8 nitrogen and oxygen atoms in total. The topological polar surface area (TPSA) is 111 Å². The van der Waals surface area contributed by atoms with Crippen molar-refractivity contribution in [2.24, 2.45) is 0 Å². The molecule has 0 aromatic heterocycles. The molecular weight excluding hydrogens is 360 g/mol. The minimum absolute atomic E-state index is 0.314. The van der Waals surface area contributed by atoms with Gasteiger partial charge in [-0.15, -0.1) is 0 Å². The van der Waals surface area contributed by atoms with Crippen molar-refractivity contribution < 1.29 is 19.6 Å². The minimum atomic E-state index is -1.49. The van der Waals surface area contributed by atoms with Gasteiger partial charge in [-0.25, -0.2) is 5.48 Å². The van der Waals surface area contributed by atoms with Crippen molar-refractivity contribution in [3.8, 4) is 11.1 Å². The van der Waals surface area contributed by atoms with E-state index < -0.39 is 23.8 Å². The predicted octanol–water partition coefficient (Wildman–Crippen LogP) is 1.40. The molecule has 4 N–H and O–H groups in total. The number of carbonyl (C=O) groups is 3. The van der Waals surface area contributed by atoms with Crippen LogP contribution in [0.25, 0.3) is 11.1 Å². The summed E-state index contributed by atoms with van der Waals surface area (Å²) in [6.07, 6.45) is 0. The largest absolute Gasteiger partial charge is 0.388 e. The summed E-state index contributed by atoms with van der Waals surface area (Å²) in [7, 11) is 4.53. The van der Waals surface area contributed by atoms with Crippen LogP contribution in [0.15, 0.2) is 42.5 Å². The normalized spacial score (nSPS) is 11.3. The third-order valence-electron chi connectivity index (χ3n) is 4.52. The Balaban J connectivity index is 2.26. The zero-order valence-electron chi connectivity index (χ0n) is 16.2.